The number of aromatic nitrogens is 2. The molecule has 1 aliphatic carbocycles. The number of aryl methyl sites for hydroxylation is 3. The minimum absolute atomic E-state index is 0.0132. The first kappa shape index (κ1) is 17.5. The number of hydrogen-bond acceptors (Lipinski definition) is 5. The Morgan fingerprint density at radius 3 is 2.86 bits per heavy atom. The van der Waals surface area contributed by atoms with Gasteiger partial charge in [-0.2, -0.15) is 0 Å². The Balaban J connectivity index is 1.52. The quantitative estimate of drug-likeness (QED) is 0.455. The van der Waals surface area contributed by atoms with Gasteiger partial charge in [0.2, 0.25) is 0 Å². The van der Waals surface area contributed by atoms with Crippen LogP contribution in [0.4, 0.5) is 0 Å². The predicted octanol–water partition coefficient (Wildman–Crippen LogP) is 4.87. The van der Waals surface area contributed by atoms with Gasteiger partial charge in [-0.05, 0) is 55.5 Å². The van der Waals surface area contributed by atoms with Gasteiger partial charge in [-0.1, -0.05) is 12.1 Å². The monoisotopic (exact) mass is 406 g/mol. The van der Waals surface area contributed by atoms with E-state index in [1.54, 1.807) is 11.3 Å². The molecule has 1 aromatic carbocycles. The second kappa shape index (κ2) is 6.79. The van der Waals surface area contributed by atoms with Crippen molar-refractivity contribution >= 4 is 38.7 Å². The summed E-state index contributed by atoms with van der Waals surface area (Å²) in [7, 11) is 0. The second-order valence-electron chi connectivity index (χ2n) is 7.18. The van der Waals surface area contributed by atoms with Crippen LogP contribution >= 0.6 is 22.7 Å². The molecule has 0 N–H and O–H groups in total. The Kier molecular flexibility index (Phi) is 4.25. The Labute approximate surface area is 170 Å². The van der Waals surface area contributed by atoms with Crippen LogP contribution in [0.5, 0.6) is 0 Å². The van der Waals surface area contributed by atoms with Crippen molar-refractivity contribution in [2.75, 3.05) is 0 Å². The van der Waals surface area contributed by atoms with E-state index in [-0.39, 0.29) is 17.9 Å². The average Bonchev–Trinajstić information content (AvgIpc) is 3.42. The van der Waals surface area contributed by atoms with E-state index in [0.717, 1.165) is 29.7 Å². The van der Waals surface area contributed by atoms with Crippen LogP contribution in [-0.4, -0.2) is 15.3 Å². The van der Waals surface area contributed by atoms with Crippen LogP contribution in [0.25, 0.3) is 20.7 Å². The highest BCUT2D eigenvalue weighted by Gasteiger charge is 2.18. The Morgan fingerprint density at radius 2 is 2.04 bits per heavy atom. The minimum atomic E-state index is -0.151. The first-order chi connectivity index (χ1) is 13.6. The predicted molar refractivity (Wildman–Crippen MR) is 115 cm³/mol. The lowest BCUT2D eigenvalue weighted by molar-refractivity contribution is 0.0970. The van der Waals surface area contributed by atoms with E-state index in [0.29, 0.717) is 15.8 Å². The molecule has 0 saturated carbocycles. The molecule has 0 amide bonds. The molecule has 0 unspecified atom stereocenters. The van der Waals surface area contributed by atoms with Gasteiger partial charge in [-0.15, -0.1) is 22.7 Å². The molecule has 6 heteroatoms. The molecule has 28 heavy (non-hydrogen) atoms. The zero-order valence-corrected chi connectivity index (χ0v) is 17.0. The summed E-state index contributed by atoms with van der Waals surface area (Å²) in [6, 6.07) is 10.0. The molecule has 0 bridgehead atoms. The highest BCUT2D eigenvalue weighted by atomic mass is 32.1. The van der Waals surface area contributed by atoms with Crippen LogP contribution in [0.15, 0.2) is 46.8 Å². The van der Waals surface area contributed by atoms with Gasteiger partial charge in [0, 0.05) is 26.3 Å². The molecule has 3 aromatic heterocycles. The average molecular weight is 407 g/mol. The van der Waals surface area contributed by atoms with Gasteiger partial charge in [0.25, 0.3) is 5.56 Å². The van der Waals surface area contributed by atoms with Crippen molar-refractivity contribution in [3.63, 3.8) is 0 Å². The highest BCUT2D eigenvalue weighted by Crippen LogP contribution is 2.35. The zero-order chi connectivity index (χ0) is 19.3. The molecule has 5 rings (SSSR count). The van der Waals surface area contributed by atoms with Crippen molar-refractivity contribution < 1.29 is 4.79 Å². The largest absolute Gasteiger partial charge is 0.292 e. The highest BCUT2D eigenvalue weighted by molar-refractivity contribution is 7.19. The van der Waals surface area contributed by atoms with Gasteiger partial charge in [-0.25, -0.2) is 4.98 Å². The summed E-state index contributed by atoms with van der Waals surface area (Å²) in [4.78, 5) is 33.4. The van der Waals surface area contributed by atoms with Gasteiger partial charge in [0.05, 0.1) is 18.3 Å². The van der Waals surface area contributed by atoms with E-state index in [4.69, 9.17) is 0 Å². The van der Waals surface area contributed by atoms with E-state index in [9.17, 15) is 9.59 Å². The molecule has 1 aliphatic rings. The van der Waals surface area contributed by atoms with E-state index in [1.807, 2.05) is 23.6 Å². The number of thiophene rings is 2. The Bertz CT molecular complexity index is 1280. The van der Waals surface area contributed by atoms with Crippen molar-refractivity contribution in [3.8, 4) is 10.4 Å². The fourth-order valence-corrected chi connectivity index (χ4v) is 5.69. The van der Waals surface area contributed by atoms with Crippen molar-refractivity contribution in [2.24, 2.45) is 0 Å². The Hall–Kier alpha value is -2.57. The lowest BCUT2D eigenvalue weighted by atomic mass is 10.0. The summed E-state index contributed by atoms with van der Waals surface area (Å²) in [5.41, 5.74) is 4.04. The fourth-order valence-electron chi connectivity index (χ4n) is 3.83. The van der Waals surface area contributed by atoms with E-state index >= 15 is 0 Å². The molecule has 140 valence electrons. The maximum absolute atomic E-state index is 13.1. The van der Waals surface area contributed by atoms with Gasteiger partial charge in [0.15, 0.2) is 5.78 Å². The molecule has 0 fully saturated rings. The summed E-state index contributed by atoms with van der Waals surface area (Å²) in [5.74, 6) is -0.0540. The van der Waals surface area contributed by atoms with Crippen LogP contribution in [0.2, 0.25) is 0 Å². The molecular formula is C22H18N2O2S2. The third-order valence-electron chi connectivity index (χ3n) is 5.30. The summed E-state index contributed by atoms with van der Waals surface area (Å²) in [6.45, 7) is 2.06. The topological polar surface area (TPSA) is 52.0 Å². The normalized spacial score (nSPS) is 13.2. The standard InChI is InChI=1S/C22H18N2O2S2/c1-13-5-8-19(28-13)17-11-27-21-20(17)22(26)24(12-23-21)10-18(25)16-7-6-14-3-2-4-15(14)9-16/h5-9,11-12H,2-4,10H2,1H3. The molecule has 0 saturated heterocycles. The summed E-state index contributed by atoms with van der Waals surface area (Å²) in [6.07, 6.45) is 4.77. The summed E-state index contributed by atoms with van der Waals surface area (Å²) < 4.78 is 1.44. The van der Waals surface area contributed by atoms with Gasteiger partial charge in [0.1, 0.15) is 4.83 Å². The smallest absolute Gasteiger partial charge is 0.263 e. The number of hydrogen-bond donors (Lipinski definition) is 0. The van der Waals surface area contributed by atoms with E-state index in [2.05, 4.69) is 24.0 Å². The van der Waals surface area contributed by atoms with Crippen LogP contribution in [0, 0.1) is 6.92 Å². The third kappa shape index (κ3) is 2.93. The van der Waals surface area contributed by atoms with Crippen LogP contribution < -0.4 is 5.56 Å². The van der Waals surface area contributed by atoms with Gasteiger partial charge < -0.3 is 0 Å². The minimum Gasteiger partial charge on any atom is -0.292 e. The lowest BCUT2D eigenvalue weighted by Crippen LogP contribution is -2.24. The zero-order valence-electron chi connectivity index (χ0n) is 15.4. The lowest BCUT2D eigenvalue weighted by Gasteiger charge is -2.07. The van der Waals surface area contributed by atoms with Crippen molar-refractivity contribution in [3.05, 3.63) is 74.0 Å². The molecule has 4 nitrogen and oxygen atoms in total. The van der Waals surface area contributed by atoms with Crippen LogP contribution in [0.3, 0.4) is 0 Å². The second-order valence-corrected chi connectivity index (χ2v) is 9.32. The molecular weight excluding hydrogens is 388 g/mol. The number of nitrogens with zero attached hydrogens (tertiary/aromatic N) is 2. The molecule has 0 aliphatic heterocycles. The van der Waals surface area contributed by atoms with E-state index in [1.165, 1.54) is 38.2 Å². The number of fused-ring (bicyclic) bond motifs is 2. The first-order valence-corrected chi connectivity index (χ1v) is 11.0. The SMILES string of the molecule is Cc1ccc(-c2csc3ncn(CC(=O)c4ccc5c(c4)CCC5)c(=O)c23)s1. The van der Waals surface area contributed by atoms with E-state index < -0.39 is 0 Å². The van der Waals surface area contributed by atoms with Crippen molar-refractivity contribution in [1.29, 1.82) is 0 Å². The molecule has 0 radical (unpaired) electrons. The van der Waals surface area contributed by atoms with Crippen molar-refractivity contribution in [2.45, 2.75) is 32.7 Å². The summed E-state index contributed by atoms with van der Waals surface area (Å²) in [5, 5.41) is 2.59. The molecule has 3 heterocycles. The maximum Gasteiger partial charge on any atom is 0.263 e. The third-order valence-corrected chi connectivity index (χ3v) is 7.22. The van der Waals surface area contributed by atoms with Gasteiger partial charge in [-0.3, -0.25) is 14.2 Å². The maximum atomic E-state index is 13.1. The number of carbonyl (C=O) groups is 1. The van der Waals surface area contributed by atoms with Crippen LogP contribution in [-0.2, 0) is 19.4 Å². The fraction of sp³-hybridized carbons (Fsp3) is 0.227. The number of benzene rings is 1. The number of Topliss-reactive ketones (excluding diaryl/α,β-unsaturated/α-hetero) is 1. The Morgan fingerprint density at radius 1 is 1.18 bits per heavy atom. The summed E-state index contributed by atoms with van der Waals surface area (Å²) >= 11 is 3.13. The first-order valence-electron chi connectivity index (χ1n) is 9.28. The van der Waals surface area contributed by atoms with Gasteiger partial charge >= 0.3 is 0 Å². The molecule has 0 atom stereocenters. The number of ketones is 1. The number of rotatable bonds is 4. The molecule has 4 aromatic rings. The van der Waals surface area contributed by atoms with Crippen LogP contribution in [0.1, 0.15) is 32.8 Å². The number of carbonyl (C=O) groups excluding carboxylic acids is 1. The van der Waals surface area contributed by atoms with Crippen molar-refractivity contribution in [1.82, 2.24) is 9.55 Å². The molecule has 0 spiro atoms.